The van der Waals surface area contributed by atoms with Crippen LogP contribution in [-0.2, 0) is 4.79 Å². The fourth-order valence-corrected chi connectivity index (χ4v) is 3.68. The highest BCUT2D eigenvalue weighted by molar-refractivity contribution is 5.91. The van der Waals surface area contributed by atoms with Crippen LogP contribution >= 0.6 is 0 Å². The van der Waals surface area contributed by atoms with Gasteiger partial charge in [0.2, 0.25) is 0 Å². The summed E-state index contributed by atoms with van der Waals surface area (Å²) in [7, 11) is 1.53. The molecule has 1 amide bonds. The first kappa shape index (κ1) is 13.8. The summed E-state index contributed by atoms with van der Waals surface area (Å²) in [5, 5.41) is 22.9. The van der Waals surface area contributed by atoms with Crippen molar-refractivity contribution in [3.63, 3.8) is 0 Å². The van der Waals surface area contributed by atoms with Gasteiger partial charge in [-0.2, -0.15) is 0 Å². The Morgan fingerprint density at radius 2 is 2.00 bits per heavy atom. The normalized spacial score (nSPS) is 30.1. The first-order valence-corrected chi connectivity index (χ1v) is 7.15. The minimum absolute atomic E-state index is 0.0959. The molecule has 2 saturated carbocycles. The second-order valence-corrected chi connectivity index (χ2v) is 5.75. The van der Waals surface area contributed by atoms with Crippen LogP contribution in [0.1, 0.15) is 29.8 Å². The van der Waals surface area contributed by atoms with E-state index in [1.54, 1.807) is 12.1 Å². The number of nitrogens with zero attached hydrogens (tertiary/aromatic N) is 2. The summed E-state index contributed by atoms with van der Waals surface area (Å²) in [6, 6.07) is 3.15. The van der Waals surface area contributed by atoms with Crippen molar-refractivity contribution in [2.24, 2.45) is 17.8 Å². The minimum atomic E-state index is -0.741. The number of aliphatic carboxylic acids is 1. The summed E-state index contributed by atoms with van der Waals surface area (Å²) in [4.78, 5) is 22.8. The number of fused-ring (bicyclic) bond motifs is 2. The van der Waals surface area contributed by atoms with E-state index in [1.807, 2.05) is 0 Å². The SMILES string of the molecule is CNC(=O)c1ccc(NC2C3CCC(C3)C2C(=O)O)nn1. The fraction of sp³-hybridized carbons (Fsp3) is 0.571. The van der Waals surface area contributed by atoms with Gasteiger partial charge in [0.05, 0.1) is 5.92 Å². The third kappa shape index (κ3) is 2.43. The number of rotatable bonds is 4. The average Bonchev–Trinajstić information content (AvgIpc) is 3.08. The number of amides is 1. The Labute approximate surface area is 122 Å². The van der Waals surface area contributed by atoms with Crippen molar-refractivity contribution in [2.75, 3.05) is 12.4 Å². The molecule has 2 fully saturated rings. The molecule has 112 valence electrons. The Morgan fingerprint density at radius 3 is 2.62 bits per heavy atom. The summed E-state index contributed by atoms with van der Waals surface area (Å²) in [6.07, 6.45) is 3.04. The predicted octanol–water partition coefficient (Wildman–Crippen LogP) is 0.747. The molecular formula is C14H18N4O3. The van der Waals surface area contributed by atoms with Crippen LogP contribution in [0, 0.1) is 17.8 Å². The second kappa shape index (κ2) is 5.31. The Kier molecular flexibility index (Phi) is 3.48. The van der Waals surface area contributed by atoms with Crippen LogP contribution < -0.4 is 10.6 Å². The van der Waals surface area contributed by atoms with Crippen molar-refractivity contribution < 1.29 is 14.7 Å². The number of anilines is 1. The second-order valence-electron chi connectivity index (χ2n) is 5.75. The number of carboxylic acid groups (broad SMARTS) is 1. The number of nitrogens with one attached hydrogen (secondary N) is 2. The first-order chi connectivity index (χ1) is 10.1. The van der Waals surface area contributed by atoms with Crippen molar-refractivity contribution in [1.82, 2.24) is 15.5 Å². The molecule has 1 heterocycles. The van der Waals surface area contributed by atoms with Gasteiger partial charge in [-0.1, -0.05) is 0 Å². The highest BCUT2D eigenvalue weighted by Gasteiger charge is 2.51. The number of carbonyl (C=O) groups is 2. The standard InChI is InChI=1S/C14H18N4O3/c1-15-13(19)9-4-5-10(18-17-9)16-12-8-3-2-7(6-8)11(12)14(20)21/h4-5,7-8,11-12H,2-3,6H2,1H3,(H,15,19)(H,16,18)(H,20,21). The van der Waals surface area contributed by atoms with Gasteiger partial charge in [-0.25, -0.2) is 0 Å². The molecule has 2 aliphatic carbocycles. The Balaban J connectivity index is 1.74. The molecule has 2 bridgehead atoms. The largest absolute Gasteiger partial charge is 0.481 e. The Bertz CT molecular complexity index is 560. The van der Waals surface area contributed by atoms with Crippen LogP contribution in [0.3, 0.4) is 0 Å². The molecular weight excluding hydrogens is 272 g/mol. The molecule has 0 radical (unpaired) electrons. The van der Waals surface area contributed by atoms with E-state index in [1.165, 1.54) is 7.05 Å². The highest BCUT2D eigenvalue weighted by atomic mass is 16.4. The third-order valence-corrected chi connectivity index (χ3v) is 4.64. The molecule has 3 N–H and O–H groups in total. The summed E-state index contributed by atoms with van der Waals surface area (Å²) < 4.78 is 0. The molecule has 21 heavy (non-hydrogen) atoms. The molecule has 4 atom stereocenters. The Morgan fingerprint density at radius 1 is 1.24 bits per heavy atom. The van der Waals surface area contributed by atoms with Gasteiger partial charge in [-0.05, 0) is 43.2 Å². The van der Waals surface area contributed by atoms with Crippen LogP contribution in [0.4, 0.5) is 5.82 Å². The summed E-state index contributed by atoms with van der Waals surface area (Å²) in [6.45, 7) is 0. The van der Waals surface area contributed by atoms with E-state index in [9.17, 15) is 14.7 Å². The number of carbonyl (C=O) groups excluding carboxylic acids is 1. The van der Waals surface area contributed by atoms with E-state index in [-0.39, 0.29) is 29.5 Å². The van der Waals surface area contributed by atoms with Crippen molar-refractivity contribution in [3.05, 3.63) is 17.8 Å². The fourth-order valence-electron chi connectivity index (χ4n) is 3.68. The highest BCUT2D eigenvalue weighted by Crippen LogP contribution is 2.49. The number of hydrogen-bond donors (Lipinski definition) is 3. The maximum Gasteiger partial charge on any atom is 0.308 e. The zero-order chi connectivity index (χ0) is 15.0. The van der Waals surface area contributed by atoms with Crippen molar-refractivity contribution in [3.8, 4) is 0 Å². The molecule has 7 heteroatoms. The van der Waals surface area contributed by atoms with E-state index in [0.29, 0.717) is 11.7 Å². The quantitative estimate of drug-likeness (QED) is 0.756. The van der Waals surface area contributed by atoms with Gasteiger partial charge in [0.15, 0.2) is 5.69 Å². The first-order valence-electron chi connectivity index (χ1n) is 7.15. The maximum atomic E-state index is 11.4. The monoisotopic (exact) mass is 290 g/mol. The Hall–Kier alpha value is -2.18. The minimum Gasteiger partial charge on any atom is -0.481 e. The van der Waals surface area contributed by atoms with E-state index in [2.05, 4.69) is 20.8 Å². The van der Waals surface area contributed by atoms with Gasteiger partial charge in [-0.3, -0.25) is 9.59 Å². The molecule has 2 aliphatic rings. The van der Waals surface area contributed by atoms with Crippen LogP contribution in [0.15, 0.2) is 12.1 Å². The lowest BCUT2D eigenvalue weighted by atomic mass is 9.84. The lowest BCUT2D eigenvalue weighted by Gasteiger charge is -2.29. The van der Waals surface area contributed by atoms with Crippen molar-refractivity contribution in [2.45, 2.75) is 25.3 Å². The molecule has 3 rings (SSSR count). The molecule has 1 aromatic rings. The van der Waals surface area contributed by atoms with Crippen LogP contribution in [0.25, 0.3) is 0 Å². The van der Waals surface area contributed by atoms with E-state index in [4.69, 9.17) is 0 Å². The zero-order valence-corrected chi connectivity index (χ0v) is 11.7. The van der Waals surface area contributed by atoms with E-state index >= 15 is 0 Å². The van der Waals surface area contributed by atoms with Gasteiger partial charge in [0.25, 0.3) is 5.91 Å². The van der Waals surface area contributed by atoms with Gasteiger partial charge >= 0.3 is 5.97 Å². The lowest BCUT2D eigenvalue weighted by Crippen LogP contribution is -2.39. The molecule has 7 nitrogen and oxygen atoms in total. The van der Waals surface area contributed by atoms with Gasteiger partial charge in [0.1, 0.15) is 5.82 Å². The van der Waals surface area contributed by atoms with Crippen LogP contribution in [0.5, 0.6) is 0 Å². The third-order valence-electron chi connectivity index (χ3n) is 4.64. The molecule has 1 aromatic heterocycles. The number of hydrogen-bond acceptors (Lipinski definition) is 5. The van der Waals surface area contributed by atoms with E-state index in [0.717, 1.165) is 19.3 Å². The van der Waals surface area contributed by atoms with Gasteiger partial charge < -0.3 is 15.7 Å². The predicted molar refractivity (Wildman–Crippen MR) is 74.8 cm³/mol. The smallest absolute Gasteiger partial charge is 0.308 e. The number of carboxylic acids is 1. The van der Waals surface area contributed by atoms with Crippen LogP contribution in [0.2, 0.25) is 0 Å². The average molecular weight is 290 g/mol. The molecule has 0 aliphatic heterocycles. The molecule has 0 saturated heterocycles. The van der Waals surface area contributed by atoms with Crippen molar-refractivity contribution >= 4 is 17.7 Å². The van der Waals surface area contributed by atoms with Gasteiger partial charge in [-0.15, -0.1) is 10.2 Å². The van der Waals surface area contributed by atoms with Crippen LogP contribution in [-0.4, -0.2) is 40.3 Å². The zero-order valence-electron chi connectivity index (χ0n) is 11.7. The number of aromatic nitrogens is 2. The van der Waals surface area contributed by atoms with E-state index < -0.39 is 5.97 Å². The molecule has 4 unspecified atom stereocenters. The summed E-state index contributed by atoms with van der Waals surface area (Å²) in [5.41, 5.74) is 0.241. The summed E-state index contributed by atoms with van der Waals surface area (Å²) >= 11 is 0. The lowest BCUT2D eigenvalue weighted by molar-refractivity contribution is -0.143. The topological polar surface area (TPSA) is 104 Å². The van der Waals surface area contributed by atoms with Crippen molar-refractivity contribution in [1.29, 1.82) is 0 Å². The summed E-state index contributed by atoms with van der Waals surface area (Å²) in [5.74, 6) is -0.220. The van der Waals surface area contributed by atoms with Gasteiger partial charge in [0, 0.05) is 13.1 Å². The molecule has 0 spiro atoms. The molecule has 0 aromatic carbocycles. The maximum absolute atomic E-state index is 11.4.